The fourth-order valence-electron chi connectivity index (χ4n) is 0.878. The average Bonchev–Trinajstić information content (AvgIpc) is 2.29. The van der Waals surface area contributed by atoms with Gasteiger partial charge in [0.2, 0.25) is 0 Å². The molecule has 0 spiro atoms. The van der Waals surface area contributed by atoms with Crippen molar-refractivity contribution >= 4 is 7.82 Å². The molecule has 0 heterocycles. The van der Waals surface area contributed by atoms with E-state index in [1.807, 2.05) is 36.4 Å². The van der Waals surface area contributed by atoms with Crippen molar-refractivity contribution in [3.05, 3.63) is 60.7 Å². The molecule has 0 amide bonds. The first-order chi connectivity index (χ1) is 8.79. The van der Waals surface area contributed by atoms with E-state index in [4.69, 9.17) is 29.5 Å². The van der Waals surface area contributed by atoms with Gasteiger partial charge in [-0.3, -0.25) is 0 Å². The predicted molar refractivity (Wildman–Crippen MR) is 70.5 cm³/mol. The van der Waals surface area contributed by atoms with Crippen molar-refractivity contribution in [2.24, 2.45) is 0 Å². The third kappa shape index (κ3) is 16.1. The summed E-state index contributed by atoms with van der Waals surface area (Å²) in [4.78, 5) is 21.6. The summed E-state index contributed by atoms with van der Waals surface area (Å²) in [6.45, 7) is 0. The highest BCUT2D eigenvalue weighted by Crippen LogP contribution is 2.25. The molecule has 0 unspecified atom stereocenters. The molecule has 2 aromatic carbocycles. The van der Waals surface area contributed by atoms with Gasteiger partial charge < -0.3 is 24.9 Å². The molecule has 5 N–H and O–H groups in total. The molecule has 2 rings (SSSR count). The number of benzene rings is 2. The lowest BCUT2D eigenvalue weighted by Gasteiger charge is -1.89. The highest BCUT2D eigenvalue weighted by molar-refractivity contribution is 7.45. The van der Waals surface area contributed by atoms with E-state index in [1.165, 1.54) is 18.2 Å². The number of aromatic hydroxyl groups is 2. The van der Waals surface area contributed by atoms with Gasteiger partial charge in [-0.2, -0.15) is 0 Å². The maximum Gasteiger partial charge on any atom is 0.466 e. The fraction of sp³-hybridized carbons (Fsp3) is 0. The number of rotatable bonds is 0. The Labute approximate surface area is 110 Å². The second-order valence-corrected chi connectivity index (χ2v) is 4.21. The van der Waals surface area contributed by atoms with Crippen molar-refractivity contribution in [3.63, 3.8) is 0 Å². The summed E-state index contributed by atoms with van der Waals surface area (Å²) in [5.41, 5.74) is 0. The van der Waals surface area contributed by atoms with Gasteiger partial charge in [0.15, 0.2) is 0 Å². The van der Waals surface area contributed by atoms with Crippen LogP contribution in [0.2, 0.25) is 0 Å². The molecule has 7 heteroatoms. The number of phenolic OH excluding ortho intramolecular Hbond substituents is 2. The highest BCUT2D eigenvalue weighted by Gasteiger charge is 2.00. The van der Waals surface area contributed by atoms with Crippen LogP contribution >= 0.6 is 7.82 Å². The van der Waals surface area contributed by atoms with Crippen LogP contribution in [0.4, 0.5) is 0 Å². The Balaban J connectivity index is 0.000000265. The molecule has 104 valence electrons. The number of phosphoric acid groups is 1. The van der Waals surface area contributed by atoms with E-state index >= 15 is 0 Å². The fourth-order valence-corrected chi connectivity index (χ4v) is 0.878. The minimum Gasteiger partial charge on any atom is -0.508 e. The SMILES string of the molecule is O=P(O)(O)O.Oc1cccc(O)c1.c1ccccc1. The molecule has 2 aromatic rings. The molecular formula is C12H15O6P. The lowest BCUT2D eigenvalue weighted by atomic mass is 10.3. The van der Waals surface area contributed by atoms with Gasteiger partial charge >= 0.3 is 7.82 Å². The zero-order chi connectivity index (χ0) is 14.7. The standard InChI is InChI=1S/C6H6O2.C6H6.H3O4P/c7-5-2-1-3-6(8)4-5;1-2-4-6-5-3-1;1-5(2,3)4/h1-4,7-8H;1-6H;(H3,1,2,3,4). The van der Waals surface area contributed by atoms with Gasteiger partial charge in [0.1, 0.15) is 11.5 Å². The first kappa shape index (κ1) is 17.2. The van der Waals surface area contributed by atoms with Crippen LogP contribution in [0.25, 0.3) is 0 Å². The van der Waals surface area contributed by atoms with Gasteiger partial charge in [-0.15, -0.1) is 0 Å². The molecule has 0 saturated carbocycles. The van der Waals surface area contributed by atoms with Crippen LogP contribution in [-0.2, 0) is 4.57 Å². The van der Waals surface area contributed by atoms with Crippen LogP contribution in [0.5, 0.6) is 11.5 Å². The summed E-state index contributed by atoms with van der Waals surface area (Å²) < 4.78 is 8.88. The van der Waals surface area contributed by atoms with Crippen molar-refractivity contribution in [2.45, 2.75) is 0 Å². The molecule has 0 aromatic heterocycles. The van der Waals surface area contributed by atoms with E-state index < -0.39 is 7.82 Å². The maximum absolute atomic E-state index is 8.88. The van der Waals surface area contributed by atoms with Crippen molar-refractivity contribution in [1.29, 1.82) is 0 Å². The van der Waals surface area contributed by atoms with Gasteiger partial charge in [-0.05, 0) is 12.1 Å². The average molecular weight is 286 g/mol. The molecule has 0 atom stereocenters. The largest absolute Gasteiger partial charge is 0.508 e. The van der Waals surface area contributed by atoms with Crippen LogP contribution in [0, 0.1) is 0 Å². The predicted octanol–water partition coefficient (Wildman–Crippen LogP) is 1.86. The third-order valence-electron chi connectivity index (χ3n) is 1.50. The van der Waals surface area contributed by atoms with Gasteiger partial charge in [0.05, 0.1) is 0 Å². The normalized spacial score (nSPS) is 9.42. The lowest BCUT2D eigenvalue weighted by molar-refractivity contribution is 0.275. The molecule has 0 radical (unpaired) electrons. The Hall–Kier alpha value is -1.85. The summed E-state index contributed by atoms with van der Waals surface area (Å²) in [6, 6.07) is 17.9. The molecule has 0 aliphatic carbocycles. The lowest BCUT2D eigenvalue weighted by Crippen LogP contribution is -1.66. The topological polar surface area (TPSA) is 118 Å². The second-order valence-electron chi connectivity index (χ2n) is 3.19. The van der Waals surface area contributed by atoms with E-state index in [1.54, 1.807) is 6.07 Å². The molecule has 0 saturated heterocycles. The van der Waals surface area contributed by atoms with Crippen molar-refractivity contribution in [1.82, 2.24) is 0 Å². The van der Waals surface area contributed by atoms with Gasteiger partial charge in [-0.1, -0.05) is 42.5 Å². The summed E-state index contributed by atoms with van der Waals surface area (Å²) in [7, 11) is -4.64. The molecule has 0 aliphatic rings. The highest BCUT2D eigenvalue weighted by atomic mass is 31.2. The molecule has 0 aliphatic heterocycles. The minimum atomic E-state index is -4.64. The number of hydrogen-bond donors (Lipinski definition) is 5. The Kier molecular flexibility index (Phi) is 8.24. The van der Waals surface area contributed by atoms with Crippen LogP contribution in [-0.4, -0.2) is 24.9 Å². The molecule has 19 heavy (non-hydrogen) atoms. The Morgan fingerprint density at radius 2 is 0.947 bits per heavy atom. The maximum atomic E-state index is 8.88. The smallest absolute Gasteiger partial charge is 0.466 e. The summed E-state index contributed by atoms with van der Waals surface area (Å²) >= 11 is 0. The quantitative estimate of drug-likeness (QED) is 0.472. The van der Waals surface area contributed by atoms with Crippen molar-refractivity contribution < 1.29 is 29.5 Å². The first-order valence-corrected chi connectivity index (χ1v) is 6.62. The van der Waals surface area contributed by atoms with Gasteiger partial charge in [0.25, 0.3) is 0 Å². The van der Waals surface area contributed by atoms with Crippen molar-refractivity contribution in [3.8, 4) is 11.5 Å². The van der Waals surface area contributed by atoms with Crippen LogP contribution < -0.4 is 0 Å². The third-order valence-corrected chi connectivity index (χ3v) is 1.50. The Bertz CT molecular complexity index is 444. The zero-order valence-electron chi connectivity index (χ0n) is 9.87. The molecule has 0 bridgehead atoms. The summed E-state index contributed by atoms with van der Waals surface area (Å²) in [6.07, 6.45) is 0. The van der Waals surface area contributed by atoms with E-state index in [2.05, 4.69) is 0 Å². The van der Waals surface area contributed by atoms with Crippen molar-refractivity contribution in [2.75, 3.05) is 0 Å². The van der Waals surface area contributed by atoms with Gasteiger partial charge in [-0.25, -0.2) is 4.57 Å². The minimum absolute atomic E-state index is 0.0880. The van der Waals surface area contributed by atoms with Crippen LogP contribution in [0.15, 0.2) is 60.7 Å². The van der Waals surface area contributed by atoms with E-state index in [0.717, 1.165) is 0 Å². The van der Waals surface area contributed by atoms with Crippen LogP contribution in [0.3, 0.4) is 0 Å². The van der Waals surface area contributed by atoms with Gasteiger partial charge in [0, 0.05) is 6.07 Å². The van der Waals surface area contributed by atoms with E-state index in [-0.39, 0.29) is 11.5 Å². The summed E-state index contributed by atoms with van der Waals surface area (Å²) in [5, 5.41) is 17.3. The summed E-state index contributed by atoms with van der Waals surface area (Å²) in [5.74, 6) is 0.176. The molecule has 0 fully saturated rings. The zero-order valence-corrected chi connectivity index (χ0v) is 10.8. The monoisotopic (exact) mass is 286 g/mol. The second kappa shape index (κ2) is 9.13. The first-order valence-electron chi connectivity index (χ1n) is 5.05. The van der Waals surface area contributed by atoms with Crippen LogP contribution in [0.1, 0.15) is 0 Å². The van der Waals surface area contributed by atoms with E-state index in [0.29, 0.717) is 0 Å². The van der Waals surface area contributed by atoms with E-state index in [9.17, 15) is 0 Å². The number of hydrogen-bond acceptors (Lipinski definition) is 3. The molecular weight excluding hydrogens is 271 g/mol. The molecule has 6 nitrogen and oxygen atoms in total. The Morgan fingerprint density at radius 1 is 0.684 bits per heavy atom. The number of phenols is 2. The Morgan fingerprint density at radius 3 is 1.11 bits per heavy atom.